The molecule has 1 atom stereocenters. The lowest BCUT2D eigenvalue weighted by molar-refractivity contribution is 0.0463. The molecule has 2 aliphatic rings. The first-order valence-electron chi connectivity index (χ1n) is 10.7. The van der Waals surface area contributed by atoms with Gasteiger partial charge in [-0.15, -0.1) is 0 Å². The smallest absolute Gasteiger partial charge is 0.147 e. The van der Waals surface area contributed by atoms with Gasteiger partial charge in [-0.1, -0.05) is 12.1 Å². The molecule has 28 heavy (non-hydrogen) atoms. The van der Waals surface area contributed by atoms with Crippen LogP contribution < -0.4 is 4.90 Å². The van der Waals surface area contributed by atoms with Crippen LogP contribution in [-0.4, -0.2) is 82.3 Å². The number of aliphatic hydroxyl groups is 1. The van der Waals surface area contributed by atoms with Gasteiger partial charge in [0.15, 0.2) is 0 Å². The van der Waals surface area contributed by atoms with Crippen LogP contribution in [0.25, 0.3) is 11.0 Å². The van der Waals surface area contributed by atoms with E-state index in [9.17, 15) is 5.11 Å². The number of likely N-dealkylation sites (tertiary alicyclic amines) is 1. The first kappa shape index (κ1) is 19.6. The number of hydrogen-bond acceptors (Lipinski definition) is 6. The maximum atomic E-state index is 9.67. The van der Waals surface area contributed by atoms with Crippen LogP contribution in [0, 0.1) is 0 Å². The molecule has 152 valence electrons. The van der Waals surface area contributed by atoms with Crippen molar-refractivity contribution in [2.24, 2.45) is 0 Å². The highest BCUT2D eigenvalue weighted by molar-refractivity contribution is 5.75. The number of hydrogen-bond donors (Lipinski definition) is 1. The third-order valence-electron chi connectivity index (χ3n) is 6.45. The maximum Gasteiger partial charge on any atom is 0.147 e. The van der Waals surface area contributed by atoms with Crippen LogP contribution in [0.2, 0.25) is 0 Å². The van der Waals surface area contributed by atoms with Gasteiger partial charge in [-0.05, 0) is 58.3 Å². The van der Waals surface area contributed by atoms with Crippen molar-refractivity contribution in [1.82, 2.24) is 19.8 Å². The highest BCUT2D eigenvalue weighted by Crippen LogP contribution is 2.26. The molecule has 0 bridgehead atoms. The zero-order chi connectivity index (χ0) is 19.5. The van der Waals surface area contributed by atoms with E-state index in [1.807, 2.05) is 30.5 Å². The molecular formula is C22H33N5O. The molecule has 1 aromatic heterocycles. The first-order valence-corrected chi connectivity index (χ1v) is 10.7. The number of nitrogens with zero attached hydrogens (tertiary/aromatic N) is 5. The van der Waals surface area contributed by atoms with Gasteiger partial charge in [0.05, 0.1) is 17.2 Å². The molecule has 0 saturated carbocycles. The molecule has 2 aromatic rings. The first-order chi connectivity index (χ1) is 13.7. The molecule has 2 fully saturated rings. The Morgan fingerprint density at radius 1 is 1.07 bits per heavy atom. The van der Waals surface area contributed by atoms with Crippen LogP contribution in [0.3, 0.4) is 0 Å². The Morgan fingerprint density at radius 2 is 1.82 bits per heavy atom. The molecule has 0 aliphatic carbocycles. The number of piperazine rings is 1. The van der Waals surface area contributed by atoms with E-state index in [1.165, 1.54) is 25.9 Å². The van der Waals surface area contributed by atoms with Crippen molar-refractivity contribution < 1.29 is 5.11 Å². The molecule has 0 radical (unpaired) electrons. The minimum Gasteiger partial charge on any atom is -0.396 e. The van der Waals surface area contributed by atoms with Gasteiger partial charge >= 0.3 is 0 Å². The van der Waals surface area contributed by atoms with E-state index in [0.29, 0.717) is 18.1 Å². The Labute approximate surface area is 168 Å². The van der Waals surface area contributed by atoms with Gasteiger partial charge in [0.25, 0.3) is 0 Å². The molecule has 0 spiro atoms. The van der Waals surface area contributed by atoms with Crippen LogP contribution in [0.4, 0.5) is 5.82 Å². The molecular weight excluding hydrogens is 350 g/mol. The fourth-order valence-electron chi connectivity index (χ4n) is 4.80. The van der Waals surface area contributed by atoms with Crippen LogP contribution in [0.5, 0.6) is 0 Å². The number of fused-ring (bicyclic) bond motifs is 1. The second kappa shape index (κ2) is 8.72. The SMILES string of the molecule is CC(C)N1CCC(N2CCN(c3cnc4ccccc4n3)C[C@@H]2CCO)CC1. The number of rotatable bonds is 5. The van der Waals surface area contributed by atoms with Crippen molar-refractivity contribution in [3.8, 4) is 0 Å². The predicted molar refractivity (Wildman–Crippen MR) is 114 cm³/mol. The molecule has 2 saturated heterocycles. The Hall–Kier alpha value is -1.76. The quantitative estimate of drug-likeness (QED) is 0.856. The van der Waals surface area contributed by atoms with Crippen LogP contribution in [0.1, 0.15) is 33.1 Å². The summed E-state index contributed by atoms with van der Waals surface area (Å²) in [6.07, 6.45) is 5.18. The van der Waals surface area contributed by atoms with E-state index in [4.69, 9.17) is 4.98 Å². The lowest BCUT2D eigenvalue weighted by Gasteiger charge is -2.48. The van der Waals surface area contributed by atoms with Crippen LogP contribution in [0.15, 0.2) is 30.5 Å². The zero-order valence-corrected chi connectivity index (χ0v) is 17.2. The van der Waals surface area contributed by atoms with Crippen molar-refractivity contribution in [3.63, 3.8) is 0 Å². The topological polar surface area (TPSA) is 55.7 Å². The summed E-state index contributed by atoms with van der Waals surface area (Å²) in [5.41, 5.74) is 1.89. The summed E-state index contributed by atoms with van der Waals surface area (Å²) >= 11 is 0. The van der Waals surface area contributed by atoms with Crippen LogP contribution >= 0.6 is 0 Å². The summed E-state index contributed by atoms with van der Waals surface area (Å²) in [4.78, 5) is 17.0. The molecule has 1 N–H and O–H groups in total. The number of benzene rings is 1. The van der Waals surface area contributed by atoms with Crippen molar-refractivity contribution in [2.75, 3.05) is 44.2 Å². The summed E-state index contributed by atoms with van der Waals surface area (Å²) in [6, 6.07) is 9.68. The number of piperidine rings is 1. The highest BCUT2D eigenvalue weighted by Gasteiger charge is 2.34. The summed E-state index contributed by atoms with van der Waals surface area (Å²) in [6.45, 7) is 10.1. The Kier molecular flexibility index (Phi) is 6.09. The fourth-order valence-corrected chi connectivity index (χ4v) is 4.80. The summed E-state index contributed by atoms with van der Waals surface area (Å²) < 4.78 is 0. The normalized spacial score (nSPS) is 23.0. The summed E-state index contributed by atoms with van der Waals surface area (Å²) in [5, 5.41) is 9.67. The molecule has 0 amide bonds. The third-order valence-corrected chi connectivity index (χ3v) is 6.45. The number of para-hydroxylation sites is 2. The lowest BCUT2D eigenvalue weighted by Crippen LogP contribution is -2.59. The van der Waals surface area contributed by atoms with E-state index >= 15 is 0 Å². The molecule has 0 unspecified atom stereocenters. The monoisotopic (exact) mass is 383 g/mol. The van der Waals surface area contributed by atoms with Gasteiger partial charge in [0.1, 0.15) is 5.82 Å². The van der Waals surface area contributed by atoms with Gasteiger partial charge < -0.3 is 14.9 Å². The molecule has 6 nitrogen and oxygen atoms in total. The van der Waals surface area contributed by atoms with E-state index < -0.39 is 0 Å². The van der Waals surface area contributed by atoms with E-state index in [2.05, 4.69) is 33.5 Å². The van der Waals surface area contributed by atoms with E-state index in [0.717, 1.165) is 42.9 Å². The highest BCUT2D eigenvalue weighted by atomic mass is 16.3. The average Bonchev–Trinajstić information content (AvgIpc) is 2.74. The van der Waals surface area contributed by atoms with Gasteiger partial charge in [-0.2, -0.15) is 0 Å². The van der Waals surface area contributed by atoms with E-state index in [1.54, 1.807) is 0 Å². The van der Waals surface area contributed by atoms with Gasteiger partial charge in [-0.25, -0.2) is 4.98 Å². The number of aromatic nitrogens is 2. The van der Waals surface area contributed by atoms with E-state index in [-0.39, 0.29) is 6.61 Å². The van der Waals surface area contributed by atoms with Crippen LogP contribution in [-0.2, 0) is 0 Å². The second-order valence-electron chi connectivity index (χ2n) is 8.43. The standard InChI is InChI=1S/C22H33N5O/c1-17(2)25-10-7-18(8-11-25)27-13-12-26(16-19(27)9-14-28)22-15-23-20-5-3-4-6-21(20)24-22/h3-6,15,17-19,28H,7-14,16H2,1-2H3/t19-/m0/s1. The zero-order valence-electron chi connectivity index (χ0n) is 17.2. The predicted octanol–water partition coefficient (Wildman–Crippen LogP) is 2.38. The van der Waals surface area contributed by atoms with Crippen molar-refractivity contribution in [1.29, 1.82) is 0 Å². The largest absolute Gasteiger partial charge is 0.396 e. The second-order valence-corrected chi connectivity index (χ2v) is 8.43. The van der Waals surface area contributed by atoms with Crippen molar-refractivity contribution in [3.05, 3.63) is 30.5 Å². The summed E-state index contributed by atoms with van der Waals surface area (Å²) in [7, 11) is 0. The average molecular weight is 384 g/mol. The molecule has 6 heteroatoms. The van der Waals surface area contributed by atoms with Gasteiger partial charge in [0.2, 0.25) is 0 Å². The van der Waals surface area contributed by atoms with Gasteiger partial charge in [-0.3, -0.25) is 9.88 Å². The minimum absolute atomic E-state index is 0.239. The van der Waals surface area contributed by atoms with Crippen molar-refractivity contribution >= 4 is 16.9 Å². The Bertz CT molecular complexity index is 774. The van der Waals surface area contributed by atoms with Gasteiger partial charge in [0, 0.05) is 44.4 Å². The minimum atomic E-state index is 0.239. The number of aliphatic hydroxyl groups excluding tert-OH is 1. The summed E-state index contributed by atoms with van der Waals surface area (Å²) in [5.74, 6) is 0.955. The molecule has 3 heterocycles. The number of anilines is 1. The van der Waals surface area contributed by atoms with Crippen molar-refractivity contribution in [2.45, 2.75) is 51.2 Å². The third kappa shape index (κ3) is 4.14. The Balaban J connectivity index is 1.45. The maximum absolute atomic E-state index is 9.67. The Morgan fingerprint density at radius 3 is 2.54 bits per heavy atom. The molecule has 1 aromatic carbocycles. The molecule has 4 rings (SSSR count). The fraction of sp³-hybridized carbons (Fsp3) is 0.636. The molecule has 2 aliphatic heterocycles. The lowest BCUT2D eigenvalue weighted by atomic mass is 9.97.